The van der Waals surface area contributed by atoms with Crippen molar-refractivity contribution in [2.24, 2.45) is 0 Å². The van der Waals surface area contributed by atoms with E-state index in [0.717, 1.165) is 12.0 Å². The zero-order valence-corrected chi connectivity index (χ0v) is 13.2. The maximum absolute atomic E-state index is 13.6. The number of ether oxygens (including phenoxy) is 2. The zero-order chi connectivity index (χ0) is 15.9. The lowest BCUT2D eigenvalue weighted by Crippen LogP contribution is -2.51. The van der Waals surface area contributed by atoms with E-state index in [2.05, 4.69) is 5.32 Å². The van der Waals surface area contributed by atoms with Crippen molar-refractivity contribution in [2.45, 2.75) is 39.2 Å². The molecule has 1 aromatic rings. The topological polar surface area (TPSA) is 47.6 Å². The van der Waals surface area contributed by atoms with Crippen LogP contribution in [-0.4, -0.2) is 31.8 Å². The van der Waals surface area contributed by atoms with Crippen molar-refractivity contribution < 1.29 is 18.7 Å². The molecular weight excluding hydrogens is 273 g/mol. The highest BCUT2D eigenvalue weighted by Crippen LogP contribution is 2.20. The maximum Gasteiger partial charge on any atom is 0.325 e. The van der Waals surface area contributed by atoms with Gasteiger partial charge in [0, 0.05) is 6.42 Å². The van der Waals surface area contributed by atoms with Gasteiger partial charge in [0.15, 0.2) is 11.6 Å². The lowest BCUT2D eigenvalue weighted by Gasteiger charge is -2.28. The van der Waals surface area contributed by atoms with E-state index in [-0.39, 0.29) is 18.3 Å². The summed E-state index contributed by atoms with van der Waals surface area (Å²) in [7, 11) is 1.36. The second-order valence-electron chi connectivity index (χ2n) is 5.28. The molecule has 0 bridgehead atoms. The molecule has 0 aliphatic carbocycles. The van der Waals surface area contributed by atoms with Gasteiger partial charge in [0.25, 0.3) is 0 Å². The second-order valence-corrected chi connectivity index (χ2v) is 5.28. The number of rotatable bonds is 8. The van der Waals surface area contributed by atoms with Crippen LogP contribution in [0.2, 0.25) is 0 Å². The fourth-order valence-electron chi connectivity index (χ4n) is 1.98. The first-order valence-corrected chi connectivity index (χ1v) is 7.15. The quantitative estimate of drug-likeness (QED) is 0.750. The van der Waals surface area contributed by atoms with Crippen LogP contribution in [0.5, 0.6) is 5.75 Å². The molecule has 0 saturated carbocycles. The Kier molecular flexibility index (Phi) is 6.62. The summed E-state index contributed by atoms with van der Waals surface area (Å²) in [4.78, 5) is 11.9. The Morgan fingerprint density at radius 2 is 2.14 bits per heavy atom. The Bertz CT molecular complexity index is 479. The minimum absolute atomic E-state index is 0.206. The van der Waals surface area contributed by atoms with Crippen molar-refractivity contribution in [1.29, 1.82) is 0 Å². The highest BCUT2D eigenvalue weighted by atomic mass is 19.1. The van der Waals surface area contributed by atoms with Crippen LogP contribution in [0.1, 0.15) is 32.3 Å². The van der Waals surface area contributed by atoms with Gasteiger partial charge in [0.05, 0.1) is 13.7 Å². The molecule has 0 amide bonds. The second kappa shape index (κ2) is 7.98. The number of carbonyl (C=O) groups is 1. The largest absolute Gasteiger partial charge is 0.490 e. The molecule has 21 heavy (non-hydrogen) atoms. The number of benzene rings is 1. The smallest absolute Gasteiger partial charge is 0.325 e. The first-order valence-electron chi connectivity index (χ1n) is 7.15. The third-order valence-corrected chi connectivity index (χ3v) is 3.35. The molecule has 1 unspecified atom stereocenters. The maximum atomic E-state index is 13.6. The Morgan fingerprint density at radius 1 is 1.43 bits per heavy atom. The minimum Gasteiger partial charge on any atom is -0.490 e. The summed E-state index contributed by atoms with van der Waals surface area (Å²) >= 11 is 0. The molecule has 1 aromatic carbocycles. The van der Waals surface area contributed by atoms with E-state index in [4.69, 9.17) is 9.47 Å². The molecule has 1 atom stereocenters. The fourth-order valence-corrected chi connectivity index (χ4v) is 1.98. The van der Waals surface area contributed by atoms with Gasteiger partial charge < -0.3 is 14.8 Å². The van der Waals surface area contributed by atoms with Gasteiger partial charge in [-0.15, -0.1) is 0 Å². The lowest BCUT2D eigenvalue weighted by molar-refractivity contribution is -0.148. The van der Waals surface area contributed by atoms with Gasteiger partial charge in [0.2, 0.25) is 0 Å². The molecule has 0 radical (unpaired) electrons. The highest BCUT2D eigenvalue weighted by molar-refractivity contribution is 5.80. The fraction of sp³-hybridized carbons (Fsp3) is 0.562. The molecule has 5 heteroatoms. The highest BCUT2D eigenvalue weighted by Gasteiger charge is 2.33. The Morgan fingerprint density at radius 3 is 2.76 bits per heavy atom. The zero-order valence-electron chi connectivity index (χ0n) is 13.2. The molecule has 0 heterocycles. The van der Waals surface area contributed by atoms with Crippen LogP contribution in [0.4, 0.5) is 4.39 Å². The average molecular weight is 297 g/mol. The van der Waals surface area contributed by atoms with E-state index < -0.39 is 11.4 Å². The number of hydrogen-bond acceptors (Lipinski definition) is 4. The summed E-state index contributed by atoms with van der Waals surface area (Å²) in [5.74, 6) is -0.538. The molecule has 0 aliphatic heterocycles. The first-order chi connectivity index (χ1) is 9.92. The normalized spacial score (nSPS) is 13.6. The predicted octanol–water partition coefficient (Wildman–Crippen LogP) is 2.83. The summed E-state index contributed by atoms with van der Waals surface area (Å²) in [5, 5.41) is 3.16. The number of esters is 1. The van der Waals surface area contributed by atoms with E-state index in [0.29, 0.717) is 13.0 Å². The summed E-state index contributed by atoms with van der Waals surface area (Å²) in [6.07, 6.45) is 1.30. The molecule has 4 nitrogen and oxygen atoms in total. The number of nitrogens with one attached hydrogen (secondary N) is 1. The van der Waals surface area contributed by atoms with Gasteiger partial charge >= 0.3 is 5.97 Å². The summed E-state index contributed by atoms with van der Waals surface area (Å²) < 4.78 is 23.9. The Hall–Kier alpha value is -1.62. The van der Waals surface area contributed by atoms with Gasteiger partial charge in [-0.2, -0.15) is 0 Å². The van der Waals surface area contributed by atoms with Crippen LogP contribution < -0.4 is 10.1 Å². The van der Waals surface area contributed by atoms with E-state index >= 15 is 0 Å². The van der Waals surface area contributed by atoms with Gasteiger partial charge in [0.1, 0.15) is 5.54 Å². The molecular formula is C16H24FNO3. The first kappa shape index (κ1) is 17.4. The number of hydrogen-bond donors (Lipinski definition) is 1. The molecule has 0 aromatic heterocycles. The van der Waals surface area contributed by atoms with Gasteiger partial charge in [-0.25, -0.2) is 4.39 Å². The summed E-state index contributed by atoms with van der Waals surface area (Å²) in [6, 6.07) is 4.70. The van der Waals surface area contributed by atoms with Crippen LogP contribution >= 0.6 is 0 Å². The molecule has 0 aliphatic rings. The molecule has 0 fully saturated rings. The van der Waals surface area contributed by atoms with Crippen molar-refractivity contribution in [3.8, 4) is 5.75 Å². The SMILES string of the molecule is CCCNC(C)(CCOc1cc(C)ccc1F)C(=O)OC. The molecule has 1 N–H and O–H groups in total. The molecule has 0 spiro atoms. The van der Waals surface area contributed by atoms with Gasteiger partial charge in [-0.05, 0) is 44.5 Å². The molecule has 118 valence electrons. The lowest BCUT2D eigenvalue weighted by atomic mass is 9.98. The van der Waals surface area contributed by atoms with E-state index in [1.54, 1.807) is 19.1 Å². The van der Waals surface area contributed by atoms with Crippen LogP contribution in [-0.2, 0) is 9.53 Å². The van der Waals surface area contributed by atoms with E-state index in [1.807, 2.05) is 13.8 Å². The van der Waals surface area contributed by atoms with Gasteiger partial charge in [-0.3, -0.25) is 4.79 Å². The van der Waals surface area contributed by atoms with Crippen molar-refractivity contribution in [2.75, 3.05) is 20.3 Å². The summed E-state index contributed by atoms with van der Waals surface area (Å²) in [5.41, 5.74) is 0.0941. The van der Waals surface area contributed by atoms with Crippen LogP contribution in [0.3, 0.4) is 0 Å². The number of halogens is 1. The van der Waals surface area contributed by atoms with Gasteiger partial charge in [-0.1, -0.05) is 13.0 Å². The van der Waals surface area contributed by atoms with E-state index in [1.165, 1.54) is 13.2 Å². The number of aryl methyl sites for hydroxylation is 1. The van der Waals surface area contributed by atoms with Crippen molar-refractivity contribution >= 4 is 5.97 Å². The van der Waals surface area contributed by atoms with E-state index in [9.17, 15) is 9.18 Å². The third-order valence-electron chi connectivity index (χ3n) is 3.35. The predicted molar refractivity (Wildman–Crippen MR) is 80.0 cm³/mol. The van der Waals surface area contributed by atoms with Crippen molar-refractivity contribution in [3.05, 3.63) is 29.6 Å². The monoisotopic (exact) mass is 297 g/mol. The van der Waals surface area contributed by atoms with Crippen LogP contribution in [0, 0.1) is 12.7 Å². The number of methoxy groups -OCH3 is 1. The Labute approximate surface area is 125 Å². The Balaban J connectivity index is 2.64. The van der Waals surface area contributed by atoms with Crippen LogP contribution in [0.15, 0.2) is 18.2 Å². The number of carbonyl (C=O) groups excluding carboxylic acids is 1. The molecule has 1 rings (SSSR count). The molecule has 0 saturated heterocycles. The standard InChI is InChI=1S/C16H24FNO3/c1-5-9-18-16(3,15(19)20-4)8-10-21-14-11-12(2)6-7-13(14)17/h6-7,11,18H,5,8-10H2,1-4H3. The third kappa shape index (κ3) is 5.01. The van der Waals surface area contributed by atoms with Crippen molar-refractivity contribution in [3.63, 3.8) is 0 Å². The minimum atomic E-state index is -0.828. The average Bonchev–Trinajstić information content (AvgIpc) is 2.47. The van der Waals surface area contributed by atoms with Crippen molar-refractivity contribution in [1.82, 2.24) is 5.32 Å². The summed E-state index contributed by atoms with van der Waals surface area (Å²) in [6.45, 7) is 6.58. The van der Waals surface area contributed by atoms with Crippen LogP contribution in [0.25, 0.3) is 0 Å².